The molecule has 4 heteroatoms. The highest BCUT2D eigenvalue weighted by molar-refractivity contribution is 9.26. The van der Waals surface area contributed by atoms with E-state index < -0.39 is 0 Å². The van der Waals surface area contributed by atoms with Crippen molar-refractivity contribution in [3.8, 4) is 0 Å². The van der Waals surface area contributed by atoms with Crippen molar-refractivity contribution in [3.63, 3.8) is 0 Å². The minimum absolute atomic E-state index is 0.264. The molecule has 0 aliphatic carbocycles. The number of halogens is 2. The second-order valence-corrected chi connectivity index (χ2v) is 5.39. The van der Waals surface area contributed by atoms with Crippen molar-refractivity contribution in [2.75, 3.05) is 0 Å². The summed E-state index contributed by atoms with van der Waals surface area (Å²) in [6.07, 6.45) is 0. The average Bonchev–Trinajstić information content (AvgIpc) is 1.96. The Bertz CT molecular complexity index is 173. The second kappa shape index (κ2) is 2.16. The number of nitrogens with zero attached hydrogens (tertiary/aromatic N) is 2. The molecule has 0 spiro atoms. The minimum Gasteiger partial charge on any atom is -0.158 e. The van der Waals surface area contributed by atoms with Crippen molar-refractivity contribution in [1.29, 1.82) is 0 Å². The van der Waals surface area contributed by atoms with Crippen LogP contribution in [0.1, 0.15) is 13.8 Å². The Morgan fingerprint density at radius 2 is 1.44 bits per heavy atom. The second-order valence-electron chi connectivity index (χ2n) is 1.95. The fourth-order valence-electron chi connectivity index (χ4n) is 0.537. The van der Waals surface area contributed by atoms with Crippen LogP contribution in [-0.4, -0.2) is 14.7 Å². The first-order chi connectivity index (χ1) is 4.05. The van der Waals surface area contributed by atoms with Crippen LogP contribution in [0, 0.1) is 0 Å². The smallest absolute Gasteiger partial charge is 0.158 e. The van der Waals surface area contributed by atoms with Gasteiger partial charge in [0.05, 0.1) is 11.4 Å². The zero-order valence-corrected chi connectivity index (χ0v) is 8.32. The molecule has 0 radical (unpaired) electrons. The molecule has 0 bridgehead atoms. The Hall–Kier alpha value is 0.300. The van der Waals surface area contributed by atoms with E-state index in [1.54, 1.807) is 0 Å². The molecule has 0 saturated carbocycles. The van der Waals surface area contributed by atoms with Gasteiger partial charge in [0.1, 0.15) is 0 Å². The molecule has 1 heterocycles. The Morgan fingerprint density at radius 1 is 1.11 bits per heavy atom. The molecule has 0 fully saturated rings. The highest BCUT2D eigenvalue weighted by Crippen LogP contribution is 2.33. The zero-order valence-electron chi connectivity index (χ0n) is 5.15. The number of hydrogen-bond acceptors (Lipinski definition) is 2. The van der Waals surface area contributed by atoms with Crippen LogP contribution < -0.4 is 0 Å². The lowest BCUT2D eigenvalue weighted by Gasteiger charge is -2.11. The molecule has 1 aliphatic heterocycles. The molecule has 0 aromatic carbocycles. The summed E-state index contributed by atoms with van der Waals surface area (Å²) in [5.74, 6) is 0. The topological polar surface area (TPSA) is 24.7 Å². The number of rotatable bonds is 0. The first-order valence-electron chi connectivity index (χ1n) is 2.53. The van der Waals surface area contributed by atoms with Crippen LogP contribution >= 0.6 is 31.9 Å². The predicted molar refractivity (Wildman–Crippen MR) is 46.8 cm³/mol. The number of alkyl halides is 2. The zero-order chi connectivity index (χ0) is 7.07. The van der Waals surface area contributed by atoms with Crippen LogP contribution in [0.4, 0.5) is 0 Å². The Kier molecular flexibility index (Phi) is 1.78. The molecule has 0 aromatic rings. The van der Waals surface area contributed by atoms with Gasteiger partial charge in [0.25, 0.3) is 0 Å². The third kappa shape index (κ3) is 1.10. The van der Waals surface area contributed by atoms with Crippen molar-refractivity contribution in [3.05, 3.63) is 0 Å². The third-order valence-electron chi connectivity index (χ3n) is 1.26. The molecule has 9 heavy (non-hydrogen) atoms. The maximum Gasteiger partial charge on any atom is 0.159 e. The summed E-state index contributed by atoms with van der Waals surface area (Å²) in [6, 6.07) is 0. The molecule has 50 valence electrons. The fourth-order valence-corrected chi connectivity index (χ4v) is 0.855. The highest BCUT2D eigenvalue weighted by atomic mass is 79.9. The summed E-state index contributed by atoms with van der Waals surface area (Å²) in [4.78, 5) is 0. The largest absolute Gasteiger partial charge is 0.159 e. The van der Waals surface area contributed by atoms with Crippen molar-refractivity contribution >= 4 is 43.3 Å². The molecular weight excluding hydrogens is 248 g/mol. The summed E-state index contributed by atoms with van der Waals surface area (Å²) >= 11 is 6.86. The van der Waals surface area contributed by atoms with Gasteiger partial charge >= 0.3 is 0 Å². The van der Waals surface area contributed by atoms with Gasteiger partial charge in [-0.15, -0.1) is 0 Å². The SMILES string of the molecule is CC1=NN=C(C)C1(Br)Br. The first-order valence-corrected chi connectivity index (χ1v) is 4.11. The predicted octanol–water partition coefficient (Wildman–Crippen LogP) is 2.32. The van der Waals surface area contributed by atoms with Gasteiger partial charge in [-0.25, -0.2) is 0 Å². The third-order valence-corrected chi connectivity index (χ3v) is 3.55. The average molecular weight is 254 g/mol. The molecule has 0 atom stereocenters. The van der Waals surface area contributed by atoms with Crippen LogP contribution in [0.2, 0.25) is 0 Å². The van der Waals surface area contributed by atoms with E-state index in [2.05, 4.69) is 42.1 Å². The fraction of sp³-hybridized carbons (Fsp3) is 0.600. The molecule has 0 amide bonds. The van der Waals surface area contributed by atoms with Gasteiger partial charge in [-0.2, -0.15) is 10.2 Å². The molecular formula is C5H6Br2N2. The Labute approximate surface area is 70.7 Å². The van der Waals surface area contributed by atoms with Gasteiger partial charge in [-0.1, -0.05) is 31.9 Å². The highest BCUT2D eigenvalue weighted by Gasteiger charge is 2.33. The van der Waals surface area contributed by atoms with Crippen molar-refractivity contribution in [1.82, 2.24) is 0 Å². The van der Waals surface area contributed by atoms with E-state index in [-0.39, 0.29) is 3.23 Å². The van der Waals surface area contributed by atoms with Crippen LogP contribution in [0.25, 0.3) is 0 Å². The van der Waals surface area contributed by atoms with E-state index in [9.17, 15) is 0 Å². The summed E-state index contributed by atoms with van der Waals surface area (Å²) < 4.78 is -0.264. The van der Waals surface area contributed by atoms with Crippen LogP contribution in [0.5, 0.6) is 0 Å². The van der Waals surface area contributed by atoms with Gasteiger partial charge in [-0.3, -0.25) is 0 Å². The quantitative estimate of drug-likeness (QED) is 0.592. The molecule has 1 aliphatic rings. The van der Waals surface area contributed by atoms with Gasteiger partial charge in [-0.05, 0) is 13.8 Å². The number of hydrogen-bond donors (Lipinski definition) is 0. The molecule has 1 rings (SSSR count). The molecule has 0 N–H and O–H groups in total. The summed E-state index contributed by atoms with van der Waals surface area (Å²) in [5, 5.41) is 7.76. The van der Waals surface area contributed by atoms with E-state index in [0.29, 0.717) is 0 Å². The van der Waals surface area contributed by atoms with E-state index >= 15 is 0 Å². The van der Waals surface area contributed by atoms with Crippen molar-refractivity contribution < 1.29 is 0 Å². The van der Waals surface area contributed by atoms with Gasteiger partial charge in [0.15, 0.2) is 3.23 Å². The summed E-state index contributed by atoms with van der Waals surface area (Å²) in [6.45, 7) is 3.84. The lowest BCUT2D eigenvalue weighted by Crippen LogP contribution is -2.26. The van der Waals surface area contributed by atoms with Gasteiger partial charge < -0.3 is 0 Å². The van der Waals surface area contributed by atoms with E-state index in [4.69, 9.17) is 0 Å². The molecule has 0 aromatic heterocycles. The van der Waals surface area contributed by atoms with E-state index in [0.717, 1.165) is 11.4 Å². The monoisotopic (exact) mass is 252 g/mol. The Balaban J connectivity index is 2.96. The normalized spacial score (nSPS) is 23.6. The lowest BCUT2D eigenvalue weighted by molar-refractivity contribution is 1.26. The van der Waals surface area contributed by atoms with Gasteiger partial charge in [0.2, 0.25) is 0 Å². The van der Waals surface area contributed by atoms with E-state index in [1.165, 1.54) is 0 Å². The van der Waals surface area contributed by atoms with Crippen LogP contribution in [0.3, 0.4) is 0 Å². The van der Waals surface area contributed by atoms with Crippen LogP contribution in [-0.2, 0) is 0 Å². The minimum atomic E-state index is -0.264. The van der Waals surface area contributed by atoms with Crippen molar-refractivity contribution in [2.45, 2.75) is 17.1 Å². The maximum atomic E-state index is 3.88. The molecule has 0 saturated heterocycles. The maximum absolute atomic E-state index is 3.88. The summed E-state index contributed by atoms with van der Waals surface area (Å²) in [7, 11) is 0. The standard InChI is InChI=1S/C5H6Br2N2/c1-3-5(6,7)4(2)9-8-3/h1-2H3. The molecule has 0 unspecified atom stereocenters. The van der Waals surface area contributed by atoms with Crippen molar-refractivity contribution in [2.24, 2.45) is 10.2 Å². The van der Waals surface area contributed by atoms with Crippen LogP contribution in [0.15, 0.2) is 10.2 Å². The first kappa shape index (κ1) is 7.41. The Morgan fingerprint density at radius 3 is 1.56 bits per heavy atom. The van der Waals surface area contributed by atoms with E-state index in [1.807, 2.05) is 13.8 Å². The summed E-state index contributed by atoms with van der Waals surface area (Å²) in [5.41, 5.74) is 1.89. The molecule has 2 nitrogen and oxygen atoms in total. The van der Waals surface area contributed by atoms with Gasteiger partial charge in [0, 0.05) is 0 Å². The lowest BCUT2D eigenvalue weighted by atomic mass is 10.2.